The fourth-order valence-corrected chi connectivity index (χ4v) is 3.63. The molecular weight excluding hydrogens is 443 g/mol. The second-order valence-electron chi connectivity index (χ2n) is 7.41. The zero-order valence-corrected chi connectivity index (χ0v) is 18.2. The van der Waals surface area contributed by atoms with Crippen molar-refractivity contribution in [3.63, 3.8) is 0 Å². The molecular formula is C22H24F3N3O3S. The third-order valence-corrected chi connectivity index (χ3v) is 5.83. The van der Waals surface area contributed by atoms with Crippen molar-refractivity contribution in [1.82, 2.24) is 10.2 Å². The van der Waals surface area contributed by atoms with Crippen LogP contribution < -0.4 is 15.2 Å². The predicted molar refractivity (Wildman–Crippen MR) is 116 cm³/mol. The van der Waals surface area contributed by atoms with E-state index in [1.807, 2.05) is 30.3 Å². The average molecular weight is 468 g/mol. The first-order valence-electron chi connectivity index (χ1n) is 9.97. The van der Waals surface area contributed by atoms with E-state index in [0.29, 0.717) is 24.5 Å². The number of aliphatic hydroxyl groups excluding tert-OH is 1. The van der Waals surface area contributed by atoms with Crippen LogP contribution in [0.15, 0.2) is 48.5 Å². The second kappa shape index (κ2) is 10.3. The van der Waals surface area contributed by atoms with E-state index in [4.69, 9.17) is 15.2 Å². The lowest BCUT2D eigenvalue weighted by Gasteiger charge is -2.17. The first kappa shape index (κ1) is 24.0. The number of para-hydroxylation sites is 1. The number of unbranched alkanes of at least 4 members (excludes halogenated alkanes) is 1. The number of hydrogen-bond acceptors (Lipinski definition) is 7. The van der Waals surface area contributed by atoms with Gasteiger partial charge in [0.05, 0.1) is 30.9 Å². The Kier molecular flexibility index (Phi) is 7.70. The number of benzene rings is 2. The normalized spacial score (nSPS) is 13.6. The van der Waals surface area contributed by atoms with Crippen molar-refractivity contribution in [2.45, 2.75) is 31.5 Å². The van der Waals surface area contributed by atoms with Gasteiger partial charge in [0.25, 0.3) is 0 Å². The number of ether oxygens (including phenoxy) is 2. The maximum Gasteiger partial charge on any atom is 0.419 e. The van der Waals surface area contributed by atoms with Crippen LogP contribution in [0.3, 0.4) is 0 Å². The molecule has 0 aliphatic rings. The van der Waals surface area contributed by atoms with Gasteiger partial charge in [0.1, 0.15) is 21.5 Å². The van der Waals surface area contributed by atoms with Gasteiger partial charge in [0, 0.05) is 5.56 Å². The number of rotatable bonds is 10. The second-order valence-corrected chi connectivity index (χ2v) is 8.39. The van der Waals surface area contributed by atoms with Crippen LogP contribution in [0.2, 0.25) is 0 Å². The summed E-state index contributed by atoms with van der Waals surface area (Å²) in [5.41, 5.74) is 4.17. The molecule has 10 heteroatoms. The van der Waals surface area contributed by atoms with Crippen molar-refractivity contribution in [2.24, 2.45) is 5.73 Å². The van der Waals surface area contributed by atoms with E-state index in [1.165, 1.54) is 12.1 Å². The maximum atomic E-state index is 13.6. The molecule has 3 N–H and O–H groups in total. The fraction of sp³-hybridized carbons (Fsp3) is 0.364. The van der Waals surface area contributed by atoms with Crippen LogP contribution in [0.1, 0.15) is 30.3 Å². The van der Waals surface area contributed by atoms with Crippen molar-refractivity contribution in [2.75, 3.05) is 19.8 Å². The molecule has 0 amide bonds. The van der Waals surface area contributed by atoms with Gasteiger partial charge in [-0.3, -0.25) is 0 Å². The van der Waals surface area contributed by atoms with Crippen molar-refractivity contribution in [3.05, 3.63) is 59.1 Å². The van der Waals surface area contributed by atoms with Crippen LogP contribution in [0.4, 0.5) is 13.2 Å². The highest BCUT2D eigenvalue weighted by Gasteiger charge is 2.35. The summed E-state index contributed by atoms with van der Waals surface area (Å²) in [5, 5.41) is 17.8. The standard InChI is InChI=1S/C22H24F3N3O3S/c1-21(26,14-29)20-28-27-19(32-20)15-9-10-18(17(13-15)22(23,24)25)31-12-6-5-11-30-16-7-3-2-4-8-16/h2-4,7-10,13,29H,5-6,11-12,14,26H2,1H3. The highest BCUT2D eigenvalue weighted by Crippen LogP contribution is 2.39. The molecule has 6 nitrogen and oxygen atoms in total. The lowest BCUT2D eigenvalue weighted by Crippen LogP contribution is -2.36. The Morgan fingerprint density at radius 3 is 2.34 bits per heavy atom. The van der Waals surface area contributed by atoms with Crippen LogP contribution in [-0.2, 0) is 11.7 Å². The lowest BCUT2D eigenvalue weighted by molar-refractivity contribution is -0.138. The summed E-state index contributed by atoms with van der Waals surface area (Å²) < 4.78 is 51.9. The predicted octanol–water partition coefficient (Wildman–Crippen LogP) is 4.63. The molecule has 32 heavy (non-hydrogen) atoms. The molecule has 3 rings (SSSR count). The Morgan fingerprint density at radius 2 is 1.69 bits per heavy atom. The van der Waals surface area contributed by atoms with Gasteiger partial charge >= 0.3 is 6.18 Å². The van der Waals surface area contributed by atoms with Gasteiger partial charge in [0.15, 0.2) is 0 Å². The minimum absolute atomic E-state index is 0.131. The minimum atomic E-state index is -4.59. The van der Waals surface area contributed by atoms with E-state index < -0.39 is 17.3 Å². The topological polar surface area (TPSA) is 90.5 Å². The molecule has 0 radical (unpaired) electrons. The summed E-state index contributed by atoms with van der Waals surface area (Å²) in [7, 11) is 0. The third kappa shape index (κ3) is 6.18. The van der Waals surface area contributed by atoms with Gasteiger partial charge in [-0.05, 0) is 50.1 Å². The quantitative estimate of drug-likeness (QED) is 0.423. The summed E-state index contributed by atoms with van der Waals surface area (Å²) >= 11 is 1.04. The SMILES string of the molecule is CC(N)(CO)c1nnc(-c2ccc(OCCCCOc3ccccc3)c(C(F)(F)F)c2)s1. The zero-order chi connectivity index (χ0) is 23.2. The summed E-state index contributed by atoms with van der Waals surface area (Å²) in [6.07, 6.45) is -3.41. The van der Waals surface area contributed by atoms with Gasteiger partial charge in [-0.15, -0.1) is 10.2 Å². The molecule has 0 fully saturated rings. The lowest BCUT2D eigenvalue weighted by atomic mass is 10.1. The van der Waals surface area contributed by atoms with E-state index in [1.54, 1.807) is 6.92 Å². The molecule has 1 heterocycles. The summed E-state index contributed by atoms with van der Waals surface area (Å²) in [6, 6.07) is 13.1. The Balaban J connectivity index is 1.63. The van der Waals surface area contributed by atoms with Gasteiger partial charge in [-0.2, -0.15) is 13.2 Å². The summed E-state index contributed by atoms with van der Waals surface area (Å²) in [4.78, 5) is 0. The highest BCUT2D eigenvalue weighted by atomic mass is 32.1. The molecule has 0 bridgehead atoms. The minimum Gasteiger partial charge on any atom is -0.494 e. The van der Waals surface area contributed by atoms with E-state index in [0.717, 1.165) is 23.2 Å². The van der Waals surface area contributed by atoms with Crippen LogP contribution >= 0.6 is 11.3 Å². The smallest absolute Gasteiger partial charge is 0.419 e. The maximum absolute atomic E-state index is 13.6. The zero-order valence-electron chi connectivity index (χ0n) is 17.4. The molecule has 1 atom stereocenters. The van der Waals surface area contributed by atoms with Crippen LogP contribution in [0, 0.1) is 0 Å². The van der Waals surface area contributed by atoms with Crippen molar-refractivity contribution in [1.29, 1.82) is 0 Å². The summed E-state index contributed by atoms with van der Waals surface area (Å²) in [6.45, 7) is 1.79. The molecule has 172 valence electrons. The van der Waals surface area contributed by atoms with E-state index in [2.05, 4.69) is 10.2 Å². The van der Waals surface area contributed by atoms with Gasteiger partial charge in [-0.1, -0.05) is 29.5 Å². The number of aliphatic hydroxyl groups is 1. The Hall–Kier alpha value is -2.69. The van der Waals surface area contributed by atoms with Crippen LogP contribution in [-0.4, -0.2) is 35.1 Å². The molecule has 0 saturated carbocycles. The molecule has 0 saturated heterocycles. The molecule has 1 aromatic heterocycles. The van der Waals surface area contributed by atoms with Gasteiger partial charge in [-0.25, -0.2) is 0 Å². The number of alkyl halides is 3. The Labute approximate surface area is 187 Å². The van der Waals surface area contributed by atoms with Crippen molar-refractivity contribution >= 4 is 11.3 Å². The van der Waals surface area contributed by atoms with Crippen LogP contribution in [0.5, 0.6) is 11.5 Å². The molecule has 3 aromatic rings. The first-order valence-corrected chi connectivity index (χ1v) is 10.8. The number of hydrogen-bond donors (Lipinski definition) is 2. The molecule has 0 spiro atoms. The Morgan fingerprint density at radius 1 is 1.00 bits per heavy atom. The molecule has 0 aliphatic carbocycles. The largest absolute Gasteiger partial charge is 0.494 e. The van der Waals surface area contributed by atoms with Crippen molar-refractivity contribution < 1.29 is 27.8 Å². The third-order valence-electron chi connectivity index (χ3n) is 4.58. The monoisotopic (exact) mass is 467 g/mol. The fourth-order valence-electron chi connectivity index (χ4n) is 2.74. The number of halogens is 3. The average Bonchev–Trinajstić information content (AvgIpc) is 3.27. The van der Waals surface area contributed by atoms with Crippen LogP contribution in [0.25, 0.3) is 10.6 Å². The Bertz CT molecular complexity index is 1010. The van der Waals surface area contributed by atoms with E-state index >= 15 is 0 Å². The van der Waals surface area contributed by atoms with E-state index in [9.17, 15) is 18.3 Å². The van der Waals surface area contributed by atoms with E-state index in [-0.39, 0.29) is 29.5 Å². The van der Waals surface area contributed by atoms with Crippen molar-refractivity contribution in [3.8, 4) is 22.1 Å². The molecule has 0 aliphatic heterocycles. The summed E-state index contributed by atoms with van der Waals surface area (Å²) in [5.74, 6) is 0.506. The number of nitrogens with zero attached hydrogens (tertiary/aromatic N) is 2. The first-order chi connectivity index (χ1) is 15.2. The number of aromatic nitrogens is 2. The number of nitrogens with two attached hydrogens (primary N) is 1. The highest BCUT2D eigenvalue weighted by molar-refractivity contribution is 7.14. The molecule has 2 aromatic carbocycles. The molecule has 1 unspecified atom stereocenters. The van der Waals surface area contributed by atoms with Gasteiger partial charge in [0.2, 0.25) is 0 Å². The van der Waals surface area contributed by atoms with Gasteiger partial charge < -0.3 is 20.3 Å².